The molecule has 0 unspecified atom stereocenters. The van der Waals surface area contributed by atoms with Gasteiger partial charge in [0.2, 0.25) is 0 Å². The van der Waals surface area contributed by atoms with E-state index in [-0.39, 0.29) is 5.91 Å². The highest BCUT2D eigenvalue weighted by molar-refractivity contribution is 5.92. The SMILES string of the molecule is CC(C)CNC(=O)c1cccc(N)n1. The number of nitrogen functional groups attached to an aromatic ring is 1. The molecule has 4 nitrogen and oxygen atoms in total. The van der Waals surface area contributed by atoms with Crippen LogP contribution in [0.5, 0.6) is 0 Å². The van der Waals surface area contributed by atoms with E-state index in [2.05, 4.69) is 10.3 Å². The number of nitrogens with zero attached hydrogens (tertiary/aromatic N) is 1. The first-order valence-corrected chi connectivity index (χ1v) is 4.60. The fraction of sp³-hybridized carbons (Fsp3) is 0.400. The highest BCUT2D eigenvalue weighted by Gasteiger charge is 2.06. The molecule has 1 heterocycles. The van der Waals surface area contributed by atoms with Crippen molar-refractivity contribution in [1.82, 2.24) is 10.3 Å². The maximum absolute atomic E-state index is 11.5. The van der Waals surface area contributed by atoms with Crippen molar-refractivity contribution in [3.63, 3.8) is 0 Å². The lowest BCUT2D eigenvalue weighted by Crippen LogP contribution is -2.28. The van der Waals surface area contributed by atoms with E-state index < -0.39 is 0 Å². The van der Waals surface area contributed by atoms with Gasteiger partial charge in [-0.3, -0.25) is 4.79 Å². The van der Waals surface area contributed by atoms with Crippen molar-refractivity contribution in [3.05, 3.63) is 23.9 Å². The number of nitrogens with two attached hydrogens (primary N) is 1. The van der Waals surface area contributed by atoms with Crippen molar-refractivity contribution in [2.45, 2.75) is 13.8 Å². The summed E-state index contributed by atoms with van der Waals surface area (Å²) in [6.45, 7) is 4.72. The molecule has 0 aliphatic carbocycles. The van der Waals surface area contributed by atoms with Gasteiger partial charge in [-0.25, -0.2) is 4.98 Å². The molecule has 0 saturated carbocycles. The predicted octanol–water partition coefficient (Wildman–Crippen LogP) is 1.05. The lowest BCUT2D eigenvalue weighted by Gasteiger charge is -2.06. The second kappa shape index (κ2) is 4.60. The second-order valence-electron chi connectivity index (χ2n) is 3.55. The zero-order valence-corrected chi connectivity index (χ0v) is 8.45. The van der Waals surface area contributed by atoms with Crippen molar-refractivity contribution in [2.24, 2.45) is 5.92 Å². The Morgan fingerprint density at radius 2 is 2.29 bits per heavy atom. The molecule has 0 aromatic carbocycles. The van der Waals surface area contributed by atoms with Crippen LogP contribution in [0, 0.1) is 5.92 Å². The fourth-order valence-electron chi connectivity index (χ4n) is 0.965. The van der Waals surface area contributed by atoms with Crippen LogP contribution < -0.4 is 11.1 Å². The number of carbonyl (C=O) groups excluding carboxylic acids is 1. The number of carbonyl (C=O) groups is 1. The monoisotopic (exact) mass is 193 g/mol. The van der Waals surface area contributed by atoms with Crippen molar-refractivity contribution >= 4 is 11.7 Å². The van der Waals surface area contributed by atoms with Crippen molar-refractivity contribution < 1.29 is 4.79 Å². The molecule has 1 rings (SSSR count). The molecule has 1 aromatic heterocycles. The standard InChI is InChI=1S/C10H15N3O/c1-7(2)6-12-10(14)8-4-3-5-9(11)13-8/h3-5,7H,6H2,1-2H3,(H2,11,13)(H,12,14). The van der Waals surface area contributed by atoms with Gasteiger partial charge in [0.15, 0.2) is 0 Å². The minimum Gasteiger partial charge on any atom is -0.384 e. The topological polar surface area (TPSA) is 68.0 Å². The van der Waals surface area contributed by atoms with E-state index in [0.717, 1.165) is 0 Å². The third kappa shape index (κ3) is 3.05. The van der Waals surface area contributed by atoms with Crippen LogP contribution >= 0.6 is 0 Å². The molecule has 0 aliphatic heterocycles. The summed E-state index contributed by atoms with van der Waals surface area (Å²) in [6.07, 6.45) is 0. The Hall–Kier alpha value is -1.58. The summed E-state index contributed by atoms with van der Waals surface area (Å²) >= 11 is 0. The Labute approximate surface area is 83.5 Å². The first-order chi connectivity index (χ1) is 6.59. The minimum absolute atomic E-state index is 0.175. The van der Waals surface area contributed by atoms with Crippen LogP contribution in [0.4, 0.5) is 5.82 Å². The molecular weight excluding hydrogens is 178 g/mol. The van der Waals surface area contributed by atoms with Gasteiger partial charge in [0.25, 0.3) is 5.91 Å². The smallest absolute Gasteiger partial charge is 0.269 e. The number of hydrogen-bond donors (Lipinski definition) is 2. The summed E-state index contributed by atoms with van der Waals surface area (Å²) in [6, 6.07) is 5.01. The molecule has 0 radical (unpaired) electrons. The normalized spacial score (nSPS) is 10.2. The number of hydrogen-bond acceptors (Lipinski definition) is 3. The van der Waals surface area contributed by atoms with Crippen molar-refractivity contribution in [1.29, 1.82) is 0 Å². The van der Waals surface area contributed by atoms with Gasteiger partial charge in [-0.2, -0.15) is 0 Å². The zero-order chi connectivity index (χ0) is 10.6. The molecule has 0 saturated heterocycles. The van der Waals surface area contributed by atoms with Crippen molar-refractivity contribution in [3.8, 4) is 0 Å². The summed E-state index contributed by atoms with van der Waals surface area (Å²) in [4.78, 5) is 15.4. The zero-order valence-electron chi connectivity index (χ0n) is 8.45. The third-order valence-corrected chi connectivity index (χ3v) is 1.67. The molecule has 0 aliphatic rings. The van der Waals surface area contributed by atoms with Crippen LogP contribution in [0.15, 0.2) is 18.2 Å². The summed E-state index contributed by atoms with van der Waals surface area (Å²) in [5.41, 5.74) is 5.83. The molecule has 3 N–H and O–H groups in total. The van der Waals surface area contributed by atoms with E-state index in [0.29, 0.717) is 24.0 Å². The first kappa shape index (κ1) is 10.5. The highest BCUT2D eigenvalue weighted by atomic mass is 16.1. The summed E-state index contributed by atoms with van der Waals surface area (Å²) in [5.74, 6) is 0.619. The van der Waals surface area contributed by atoms with Gasteiger partial charge in [0.1, 0.15) is 11.5 Å². The molecule has 4 heteroatoms. The third-order valence-electron chi connectivity index (χ3n) is 1.67. The van der Waals surface area contributed by atoms with E-state index in [1.165, 1.54) is 0 Å². The van der Waals surface area contributed by atoms with E-state index >= 15 is 0 Å². The Bertz CT molecular complexity index is 323. The largest absolute Gasteiger partial charge is 0.384 e. The number of rotatable bonds is 3. The number of anilines is 1. The van der Waals surface area contributed by atoms with Crippen LogP contribution in [0.2, 0.25) is 0 Å². The molecule has 0 spiro atoms. The Kier molecular flexibility index (Phi) is 3.45. The number of amides is 1. The van der Waals surface area contributed by atoms with Gasteiger partial charge >= 0.3 is 0 Å². The van der Waals surface area contributed by atoms with E-state index in [1.807, 2.05) is 13.8 Å². The van der Waals surface area contributed by atoms with Gasteiger partial charge in [0, 0.05) is 6.54 Å². The van der Waals surface area contributed by atoms with Crippen LogP contribution in [-0.2, 0) is 0 Å². The van der Waals surface area contributed by atoms with Gasteiger partial charge in [-0.1, -0.05) is 19.9 Å². The van der Waals surface area contributed by atoms with Crippen LogP contribution in [0.1, 0.15) is 24.3 Å². The molecule has 0 bridgehead atoms. The number of aromatic nitrogens is 1. The van der Waals surface area contributed by atoms with Gasteiger partial charge < -0.3 is 11.1 Å². The lowest BCUT2D eigenvalue weighted by molar-refractivity contribution is 0.0944. The molecule has 1 aromatic rings. The van der Waals surface area contributed by atoms with Gasteiger partial charge in [-0.15, -0.1) is 0 Å². The minimum atomic E-state index is -0.175. The van der Waals surface area contributed by atoms with Crippen molar-refractivity contribution in [2.75, 3.05) is 12.3 Å². The lowest BCUT2D eigenvalue weighted by atomic mass is 10.2. The molecule has 0 atom stereocenters. The average molecular weight is 193 g/mol. The Morgan fingerprint density at radius 1 is 1.57 bits per heavy atom. The van der Waals surface area contributed by atoms with Crippen LogP contribution in [-0.4, -0.2) is 17.4 Å². The number of pyridine rings is 1. The summed E-state index contributed by atoms with van der Waals surface area (Å²) in [7, 11) is 0. The molecule has 1 amide bonds. The maximum Gasteiger partial charge on any atom is 0.269 e. The summed E-state index contributed by atoms with van der Waals surface area (Å²) in [5, 5.41) is 2.77. The van der Waals surface area contributed by atoms with Crippen LogP contribution in [0.25, 0.3) is 0 Å². The quantitative estimate of drug-likeness (QED) is 0.754. The predicted molar refractivity (Wildman–Crippen MR) is 55.8 cm³/mol. The van der Waals surface area contributed by atoms with E-state index in [1.54, 1.807) is 18.2 Å². The van der Waals surface area contributed by atoms with E-state index in [9.17, 15) is 4.79 Å². The Balaban J connectivity index is 2.61. The van der Waals surface area contributed by atoms with Gasteiger partial charge in [-0.05, 0) is 18.1 Å². The van der Waals surface area contributed by atoms with E-state index in [4.69, 9.17) is 5.73 Å². The first-order valence-electron chi connectivity index (χ1n) is 4.60. The summed E-state index contributed by atoms with van der Waals surface area (Å²) < 4.78 is 0. The molecular formula is C10H15N3O. The molecule has 76 valence electrons. The average Bonchev–Trinajstić information content (AvgIpc) is 2.14. The maximum atomic E-state index is 11.5. The molecule has 0 fully saturated rings. The number of nitrogens with one attached hydrogen (secondary N) is 1. The fourth-order valence-corrected chi connectivity index (χ4v) is 0.965. The highest BCUT2D eigenvalue weighted by Crippen LogP contribution is 2.00. The Morgan fingerprint density at radius 3 is 2.86 bits per heavy atom. The molecule has 14 heavy (non-hydrogen) atoms. The van der Waals surface area contributed by atoms with Gasteiger partial charge in [0.05, 0.1) is 0 Å². The second-order valence-corrected chi connectivity index (χ2v) is 3.55. The van der Waals surface area contributed by atoms with Crippen LogP contribution in [0.3, 0.4) is 0 Å².